The van der Waals surface area contributed by atoms with Gasteiger partial charge in [-0.3, -0.25) is 4.79 Å². The predicted molar refractivity (Wildman–Crippen MR) is 93.6 cm³/mol. The molecular formula is C18H24N6O. The molecule has 7 nitrogen and oxygen atoms in total. The second kappa shape index (κ2) is 6.55. The van der Waals surface area contributed by atoms with E-state index in [1.165, 1.54) is 12.8 Å². The van der Waals surface area contributed by atoms with Crippen LogP contribution in [0.25, 0.3) is 5.69 Å². The number of hydrogen-bond acceptors (Lipinski definition) is 5. The van der Waals surface area contributed by atoms with E-state index in [2.05, 4.69) is 32.4 Å². The van der Waals surface area contributed by atoms with Crippen molar-refractivity contribution in [1.29, 1.82) is 0 Å². The van der Waals surface area contributed by atoms with Crippen molar-refractivity contribution in [3.8, 4) is 5.69 Å². The van der Waals surface area contributed by atoms with Crippen LogP contribution in [0.3, 0.4) is 0 Å². The highest BCUT2D eigenvalue weighted by atomic mass is 16.2. The molecule has 2 fully saturated rings. The maximum atomic E-state index is 13.1. The fourth-order valence-electron chi connectivity index (χ4n) is 4.35. The Morgan fingerprint density at radius 1 is 1.16 bits per heavy atom. The van der Waals surface area contributed by atoms with Crippen LogP contribution in [0.1, 0.15) is 41.6 Å². The third-order valence-corrected chi connectivity index (χ3v) is 5.62. The highest BCUT2D eigenvalue weighted by Crippen LogP contribution is 2.30. The Bertz CT molecular complexity index is 759. The van der Waals surface area contributed by atoms with Gasteiger partial charge < -0.3 is 9.80 Å². The molecule has 0 spiro atoms. The minimum absolute atomic E-state index is 0.147. The van der Waals surface area contributed by atoms with Gasteiger partial charge >= 0.3 is 0 Å². The third kappa shape index (κ3) is 2.93. The van der Waals surface area contributed by atoms with Gasteiger partial charge in [0, 0.05) is 24.2 Å². The molecule has 0 bridgehead atoms. The number of aryl methyl sites for hydroxylation is 1. The Balaban J connectivity index is 1.57. The summed E-state index contributed by atoms with van der Waals surface area (Å²) in [6, 6.07) is 6.62. The summed E-state index contributed by atoms with van der Waals surface area (Å²) in [4.78, 5) is 17.6. The molecule has 0 unspecified atom stereocenters. The third-order valence-electron chi connectivity index (χ3n) is 5.62. The highest BCUT2D eigenvalue weighted by Gasteiger charge is 2.38. The molecular weight excluding hydrogens is 316 g/mol. The number of likely N-dealkylation sites (tertiary alicyclic amines) is 2. The average molecular weight is 340 g/mol. The van der Waals surface area contributed by atoms with Crippen molar-refractivity contribution < 1.29 is 4.79 Å². The summed E-state index contributed by atoms with van der Waals surface area (Å²) in [6.07, 6.45) is 6.21. The van der Waals surface area contributed by atoms with E-state index in [0.717, 1.165) is 42.7 Å². The Morgan fingerprint density at radius 3 is 2.64 bits per heavy atom. The Morgan fingerprint density at radius 2 is 1.96 bits per heavy atom. The van der Waals surface area contributed by atoms with Crippen molar-refractivity contribution in [2.24, 2.45) is 0 Å². The number of hydrogen-bond donors (Lipinski definition) is 0. The lowest BCUT2D eigenvalue weighted by molar-refractivity contribution is 0.0664. The van der Waals surface area contributed by atoms with Gasteiger partial charge in [0.15, 0.2) is 0 Å². The van der Waals surface area contributed by atoms with Crippen LogP contribution < -0.4 is 0 Å². The summed E-state index contributed by atoms with van der Waals surface area (Å²) in [5, 5.41) is 11.3. The summed E-state index contributed by atoms with van der Waals surface area (Å²) in [7, 11) is 2.18. The molecule has 0 N–H and O–H groups in total. The summed E-state index contributed by atoms with van der Waals surface area (Å²) >= 11 is 0. The average Bonchev–Trinajstić information content (AvgIpc) is 3.35. The van der Waals surface area contributed by atoms with Crippen LogP contribution in [0.15, 0.2) is 24.5 Å². The van der Waals surface area contributed by atoms with Crippen LogP contribution in [0.5, 0.6) is 0 Å². The van der Waals surface area contributed by atoms with Gasteiger partial charge in [0.2, 0.25) is 0 Å². The first-order valence-electron chi connectivity index (χ1n) is 9.00. The summed E-state index contributed by atoms with van der Waals surface area (Å²) in [5.74, 6) is 0.147. The van der Waals surface area contributed by atoms with Crippen molar-refractivity contribution >= 4 is 5.91 Å². The molecule has 7 heteroatoms. The number of nitrogens with zero attached hydrogens (tertiary/aromatic N) is 6. The molecule has 2 aliphatic heterocycles. The lowest BCUT2D eigenvalue weighted by Crippen LogP contribution is -2.47. The van der Waals surface area contributed by atoms with Crippen molar-refractivity contribution in [3.63, 3.8) is 0 Å². The van der Waals surface area contributed by atoms with Crippen LogP contribution in [0.2, 0.25) is 0 Å². The van der Waals surface area contributed by atoms with Crippen molar-refractivity contribution in [2.45, 2.75) is 44.7 Å². The normalized spacial score (nSPS) is 24.2. The molecule has 2 aliphatic rings. The van der Waals surface area contributed by atoms with Gasteiger partial charge in [0.05, 0.1) is 5.69 Å². The summed E-state index contributed by atoms with van der Waals surface area (Å²) in [5.41, 5.74) is 2.64. The molecule has 2 atom stereocenters. The van der Waals surface area contributed by atoms with E-state index in [0.29, 0.717) is 12.1 Å². The number of tetrazole rings is 1. The molecule has 1 aromatic carbocycles. The fourth-order valence-corrected chi connectivity index (χ4v) is 4.35. The molecule has 2 saturated heterocycles. The van der Waals surface area contributed by atoms with Gasteiger partial charge in [-0.2, -0.15) is 0 Å². The highest BCUT2D eigenvalue weighted by molar-refractivity contribution is 5.95. The van der Waals surface area contributed by atoms with E-state index in [4.69, 9.17) is 0 Å². The number of carbonyl (C=O) groups excluding carboxylic acids is 1. The van der Waals surface area contributed by atoms with E-state index in [1.807, 2.05) is 25.1 Å². The van der Waals surface area contributed by atoms with Crippen LogP contribution in [-0.4, -0.2) is 68.1 Å². The zero-order valence-electron chi connectivity index (χ0n) is 14.8. The van der Waals surface area contributed by atoms with Gasteiger partial charge in [-0.25, -0.2) is 4.68 Å². The number of aromatic nitrogens is 4. The topological polar surface area (TPSA) is 67.2 Å². The van der Waals surface area contributed by atoms with Crippen molar-refractivity contribution in [1.82, 2.24) is 30.0 Å². The number of rotatable bonds is 3. The molecule has 25 heavy (non-hydrogen) atoms. The van der Waals surface area contributed by atoms with Crippen molar-refractivity contribution in [2.75, 3.05) is 20.1 Å². The molecule has 132 valence electrons. The van der Waals surface area contributed by atoms with E-state index < -0.39 is 0 Å². The number of carbonyl (C=O) groups is 1. The molecule has 1 amide bonds. The molecule has 0 aliphatic carbocycles. The number of likely N-dealkylation sites (N-methyl/N-ethyl adjacent to an activating group) is 1. The SMILES string of the molecule is Cc1cc(C(=O)N2CCC[C@@H]2[C@H]2CCCN2C)ccc1-n1cnnn1. The Hall–Kier alpha value is -2.28. The Labute approximate surface area is 147 Å². The van der Waals surface area contributed by atoms with Gasteiger partial charge in [-0.05, 0) is 80.4 Å². The second-order valence-electron chi connectivity index (χ2n) is 7.15. The first-order valence-corrected chi connectivity index (χ1v) is 9.00. The lowest BCUT2D eigenvalue weighted by Gasteiger charge is -2.33. The van der Waals surface area contributed by atoms with Gasteiger partial charge in [-0.15, -0.1) is 5.10 Å². The van der Waals surface area contributed by atoms with E-state index in [9.17, 15) is 4.79 Å². The largest absolute Gasteiger partial charge is 0.334 e. The van der Waals surface area contributed by atoms with E-state index in [-0.39, 0.29) is 5.91 Å². The molecule has 0 saturated carbocycles. The van der Waals surface area contributed by atoms with Crippen molar-refractivity contribution in [3.05, 3.63) is 35.7 Å². The molecule has 0 radical (unpaired) electrons. The van der Waals surface area contributed by atoms with Crippen LogP contribution in [-0.2, 0) is 0 Å². The minimum atomic E-state index is 0.147. The van der Waals surface area contributed by atoms with E-state index in [1.54, 1.807) is 11.0 Å². The zero-order valence-corrected chi connectivity index (χ0v) is 14.8. The van der Waals surface area contributed by atoms with Gasteiger partial charge in [0.25, 0.3) is 5.91 Å². The van der Waals surface area contributed by atoms with Crippen LogP contribution in [0.4, 0.5) is 0 Å². The smallest absolute Gasteiger partial charge is 0.254 e. The molecule has 4 rings (SSSR count). The zero-order chi connectivity index (χ0) is 17.4. The monoisotopic (exact) mass is 340 g/mol. The first kappa shape index (κ1) is 16.2. The lowest BCUT2D eigenvalue weighted by atomic mass is 10.0. The standard InChI is InChI=1S/C18H24N6O/c1-13-11-14(7-8-15(13)24-12-19-20-21-24)18(25)23-10-4-6-17(23)16-5-3-9-22(16)2/h7-8,11-12,16-17H,3-6,9-10H2,1-2H3/t16-,17-/m1/s1. The number of amides is 1. The summed E-state index contributed by atoms with van der Waals surface area (Å²) in [6.45, 7) is 3.99. The molecule has 2 aromatic rings. The maximum Gasteiger partial charge on any atom is 0.254 e. The van der Waals surface area contributed by atoms with Gasteiger partial charge in [0.1, 0.15) is 6.33 Å². The first-order chi connectivity index (χ1) is 12.1. The second-order valence-corrected chi connectivity index (χ2v) is 7.15. The summed E-state index contributed by atoms with van der Waals surface area (Å²) < 4.78 is 1.62. The van der Waals surface area contributed by atoms with E-state index >= 15 is 0 Å². The fraction of sp³-hybridized carbons (Fsp3) is 0.556. The predicted octanol–water partition coefficient (Wildman–Crippen LogP) is 1.67. The quantitative estimate of drug-likeness (QED) is 0.850. The maximum absolute atomic E-state index is 13.1. The van der Waals surface area contributed by atoms with Gasteiger partial charge in [-0.1, -0.05) is 0 Å². The number of benzene rings is 1. The molecule has 1 aromatic heterocycles. The minimum Gasteiger partial charge on any atom is -0.334 e. The molecule has 3 heterocycles. The van der Waals surface area contributed by atoms with Crippen LogP contribution in [0, 0.1) is 6.92 Å². The Kier molecular flexibility index (Phi) is 4.25. The van der Waals surface area contributed by atoms with Crippen LogP contribution >= 0.6 is 0 Å².